The molecule has 1 aromatic carbocycles. The second-order valence-electron chi connectivity index (χ2n) is 3.19. The molecule has 0 saturated carbocycles. The van der Waals surface area contributed by atoms with Crippen LogP contribution in [0.1, 0.15) is 12.5 Å². The molecule has 0 aliphatic heterocycles. The Morgan fingerprint density at radius 1 is 1.53 bits per heavy atom. The molecule has 0 aliphatic rings. The van der Waals surface area contributed by atoms with Gasteiger partial charge in [-0.05, 0) is 31.5 Å². The van der Waals surface area contributed by atoms with E-state index in [1.165, 1.54) is 0 Å². The fourth-order valence-electron chi connectivity index (χ4n) is 0.989. The molecule has 0 bridgehead atoms. The van der Waals surface area contributed by atoms with E-state index in [1.807, 2.05) is 6.92 Å². The molecule has 1 atom stereocenters. The van der Waals surface area contributed by atoms with Crippen LogP contribution in [0, 0.1) is 6.92 Å². The van der Waals surface area contributed by atoms with E-state index < -0.39 is 6.04 Å². The third kappa shape index (κ3) is 3.70. The first kappa shape index (κ1) is 14.2. The molecule has 1 amide bonds. The largest absolute Gasteiger partial charge is 0.324 e. The van der Waals surface area contributed by atoms with Crippen molar-refractivity contribution in [2.45, 2.75) is 19.9 Å². The zero-order chi connectivity index (χ0) is 10.7. The fourth-order valence-corrected chi connectivity index (χ4v) is 1.16. The van der Waals surface area contributed by atoms with Crippen LogP contribution in [0.4, 0.5) is 5.69 Å². The van der Waals surface area contributed by atoms with Crippen molar-refractivity contribution in [3.05, 3.63) is 28.8 Å². The van der Waals surface area contributed by atoms with Crippen LogP contribution in [0.3, 0.4) is 0 Å². The number of nitrogens with one attached hydrogen (secondary N) is 1. The van der Waals surface area contributed by atoms with Gasteiger partial charge in [-0.1, -0.05) is 17.7 Å². The highest BCUT2D eigenvalue weighted by Crippen LogP contribution is 2.22. The lowest BCUT2D eigenvalue weighted by atomic mass is 10.2. The summed E-state index contributed by atoms with van der Waals surface area (Å²) in [6.45, 7) is 3.48. The number of halogens is 2. The average Bonchev–Trinajstić information content (AvgIpc) is 2.12. The Hall–Kier alpha value is -0.770. The number of carbonyl (C=O) groups excluding carboxylic acids is 1. The van der Waals surface area contributed by atoms with Crippen molar-refractivity contribution in [3.8, 4) is 0 Å². The van der Waals surface area contributed by atoms with Gasteiger partial charge in [0.2, 0.25) is 5.91 Å². The molecular formula is C10H14Cl2N2O. The summed E-state index contributed by atoms with van der Waals surface area (Å²) in [6.07, 6.45) is 0. The lowest BCUT2D eigenvalue weighted by molar-refractivity contribution is -0.117. The van der Waals surface area contributed by atoms with Crippen molar-refractivity contribution < 1.29 is 4.79 Å². The lowest BCUT2D eigenvalue weighted by Crippen LogP contribution is -2.32. The highest BCUT2D eigenvalue weighted by molar-refractivity contribution is 6.31. The Balaban J connectivity index is 0.00000196. The van der Waals surface area contributed by atoms with Crippen LogP contribution in [-0.4, -0.2) is 11.9 Å². The van der Waals surface area contributed by atoms with Gasteiger partial charge in [0.1, 0.15) is 0 Å². The molecule has 0 aromatic heterocycles. The molecule has 3 nitrogen and oxygen atoms in total. The Kier molecular flexibility index (Phi) is 5.65. The van der Waals surface area contributed by atoms with E-state index in [0.29, 0.717) is 10.7 Å². The number of carbonyl (C=O) groups is 1. The summed E-state index contributed by atoms with van der Waals surface area (Å²) in [7, 11) is 0. The predicted octanol–water partition coefficient (Wildman–Crippen LogP) is 2.36. The summed E-state index contributed by atoms with van der Waals surface area (Å²) in [5, 5.41) is 3.33. The van der Waals surface area contributed by atoms with Crippen molar-refractivity contribution in [3.63, 3.8) is 0 Å². The van der Waals surface area contributed by atoms with Crippen LogP contribution in [0.25, 0.3) is 0 Å². The van der Waals surface area contributed by atoms with E-state index in [2.05, 4.69) is 5.32 Å². The van der Waals surface area contributed by atoms with Gasteiger partial charge < -0.3 is 11.1 Å². The van der Waals surface area contributed by atoms with Gasteiger partial charge in [0, 0.05) is 10.7 Å². The summed E-state index contributed by atoms with van der Waals surface area (Å²) in [4.78, 5) is 11.3. The first-order valence-electron chi connectivity index (χ1n) is 4.34. The normalized spacial score (nSPS) is 11.5. The highest BCUT2D eigenvalue weighted by Gasteiger charge is 2.09. The zero-order valence-electron chi connectivity index (χ0n) is 8.58. The maximum absolute atomic E-state index is 11.3. The van der Waals surface area contributed by atoms with Gasteiger partial charge >= 0.3 is 0 Å². The molecule has 5 heteroatoms. The SMILES string of the molecule is Cc1c(Cl)cccc1NC(=O)C(C)N.Cl. The number of hydrogen-bond donors (Lipinski definition) is 2. The molecule has 0 saturated heterocycles. The van der Waals surface area contributed by atoms with E-state index in [1.54, 1.807) is 25.1 Å². The second kappa shape index (κ2) is 5.95. The molecule has 0 aliphatic carbocycles. The van der Waals surface area contributed by atoms with Crippen molar-refractivity contribution in [2.24, 2.45) is 5.73 Å². The van der Waals surface area contributed by atoms with Gasteiger partial charge in [0.05, 0.1) is 6.04 Å². The van der Waals surface area contributed by atoms with Gasteiger partial charge in [0.15, 0.2) is 0 Å². The number of nitrogens with two attached hydrogens (primary N) is 1. The van der Waals surface area contributed by atoms with Crippen LogP contribution >= 0.6 is 24.0 Å². The Labute approximate surface area is 100 Å². The lowest BCUT2D eigenvalue weighted by Gasteiger charge is -2.10. The van der Waals surface area contributed by atoms with E-state index in [4.69, 9.17) is 17.3 Å². The third-order valence-electron chi connectivity index (χ3n) is 1.94. The molecule has 0 heterocycles. The predicted molar refractivity (Wildman–Crippen MR) is 65.7 cm³/mol. The molecule has 1 rings (SSSR count). The molecule has 84 valence electrons. The molecule has 0 fully saturated rings. The Morgan fingerprint density at radius 2 is 2.13 bits per heavy atom. The first-order chi connectivity index (χ1) is 6.52. The van der Waals surface area contributed by atoms with Crippen LogP contribution in [-0.2, 0) is 4.79 Å². The maximum Gasteiger partial charge on any atom is 0.241 e. The van der Waals surface area contributed by atoms with E-state index in [9.17, 15) is 4.79 Å². The van der Waals surface area contributed by atoms with E-state index in [0.717, 1.165) is 5.56 Å². The zero-order valence-corrected chi connectivity index (χ0v) is 10.2. The maximum atomic E-state index is 11.3. The van der Waals surface area contributed by atoms with E-state index >= 15 is 0 Å². The van der Waals surface area contributed by atoms with E-state index in [-0.39, 0.29) is 18.3 Å². The van der Waals surface area contributed by atoms with Crippen molar-refractivity contribution in [2.75, 3.05) is 5.32 Å². The fraction of sp³-hybridized carbons (Fsp3) is 0.300. The quantitative estimate of drug-likeness (QED) is 0.845. The summed E-state index contributed by atoms with van der Waals surface area (Å²) in [5.41, 5.74) is 6.99. The van der Waals surface area contributed by atoms with Gasteiger partial charge in [-0.25, -0.2) is 0 Å². The smallest absolute Gasteiger partial charge is 0.241 e. The molecule has 0 radical (unpaired) electrons. The minimum Gasteiger partial charge on any atom is -0.324 e. The number of hydrogen-bond acceptors (Lipinski definition) is 2. The van der Waals surface area contributed by atoms with Crippen LogP contribution in [0.2, 0.25) is 5.02 Å². The average molecular weight is 249 g/mol. The first-order valence-corrected chi connectivity index (χ1v) is 4.71. The summed E-state index contributed by atoms with van der Waals surface area (Å²) >= 11 is 5.89. The monoisotopic (exact) mass is 248 g/mol. The third-order valence-corrected chi connectivity index (χ3v) is 2.35. The van der Waals surface area contributed by atoms with Gasteiger partial charge in [-0.3, -0.25) is 4.79 Å². The molecule has 1 unspecified atom stereocenters. The van der Waals surface area contributed by atoms with Crippen LogP contribution in [0.15, 0.2) is 18.2 Å². The topological polar surface area (TPSA) is 55.1 Å². The number of benzene rings is 1. The summed E-state index contributed by atoms with van der Waals surface area (Å²) in [6, 6.07) is 4.83. The standard InChI is InChI=1S/C10H13ClN2O.ClH/c1-6-8(11)4-3-5-9(6)13-10(14)7(2)12;/h3-5,7H,12H2,1-2H3,(H,13,14);1H. The van der Waals surface area contributed by atoms with Crippen molar-refractivity contribution >= 4 is 35.6 Å². The minimum absolute atomic E-state index is 0. The molecular weight excluding hydrogens is 235 g/mol. The van der Waals surface area contributed by atoms with Crippen molar-refractivity contribution in [1.29, 1.82) is 0 Å². The summed E-state index contributed by atoms with van der Waals surface area (Å²) in [5.74, 6) is -0.213. The Bertz CT molecular complexity index is 353. The number of amides is 1. The number of rotatable bonds is 2. The van der Waals surface area contributed by atoms with Crippen LogP contribution < -0.4 is 11.1 Å². The van der Waals surface area contributed by atoms with Gasteiger partial charge in [-0.2, -0.15) is 0 Å². The highest BCUT2D eigenvalue weighted by atomic mass is 35.5. The molecule has 15 heavy (non-hydrogen) atoms. The van der Waals surface area contributed by atoms with Crippen molar-refractivity contribution in [1.82, 2.24) is 0 Å². The minimum atomic E-state index is -0.520. The summed E-state index contributed by atoms with van der Waals surface area (Å²) < 4.78 is 0. The Morgan fingerprint density at radius 3 is 2.67 bits per heavy atom. The van der Waals surface area contributed by atoms with Gasteiger partial charge in [0.25, 0.3) is 0 Å². The van der Waals surface area contributed by atoms with Gasteiger partial charge in [-0.15, -0.1) is 12.4 Å². The second-order valence-corrected chi connectivity index (χ2v) is 3.60. The number of anilines is 1. The molecule has 1 aromatic rings. The molecule has 0 spiro atoms. The molecule has 3 N–H and O–H groups in total. The van der Waals surface area contributed by atoms with Crippen LogP contribution in [0.5, 0.6) is 0 Å².